The number of nitrogens with zero attached hydrogens (tertiary/aromatic N) is 3. The molecule has 110 valence electrons. The lowest BCUT2D eigenvalue weighted by Gasteiger charge is -2.16. The van der Waals surface area contributed by atoms with Crippen LogP contribution in [0.3, 0.4) is 0 Å². The topological polar surface area (TPSA) is 50.2 Å². The SMILES string of the molecule is CC(C)(C)N=C(Nc1cnc(Cl)nc1)Sc1ccccc1. The van der Waals surface area contributed by atoms with Crippen molar-refractivity contribution in [1.82, 2.24) is 9.97 Å². The minimum atomic E-state index is -0.183. The first-order chi connectivity index (χ1) is 9.92. The lowest BCUT2D eigenvalue weighted by atomic mass is 10.1. The Morgan fingerprint density at radius 3 is 2.33 bits per heavy atom. The van der Waals surface area contributed by atoms with E-state index in [9.17, 15) is 0 Å². The number of rotatable bonds is 2. The summed E-state index contributed by atoms with van der Waals surface area (Å²) in [6.45, 7) is 6.16. The van der Waals surface area contributed by atoms with E-state index in [4.69, 9.17) is 16.6 Å². The van der Waals surface area contributed by atoms with Gasteiger partial charge in [-0.3, -0.25) is 4.99 Å². The van der Waals surface area contributed by atoms with E-state index >= 15 is 0 Å². The second kappa shape index (κ2) is 6.91. The van der Waals surface area contributed by atoms with Gasteiger partial charge in [0.05, 0.1) is 23.6 Å². The fourth-order valence-electron chi connectivity index (χ4n) is 1.48. The van der Waals surface area contributed by atoms with E-state index in [-0.39, 0.29) is 10.8 Å². The van der Waals surface area contributed by atoms with Crippen molar-refractivity contribution < 1.29 is 0 Å². The van der Waals surface area contributed by atoms with Gasteiger partial charge < -0.3 is 5.32 Å². The Hall–Kier alpha value is -1.59. The monoisotopic (exact) mass is 320 g/mol. The highest BCUT2D eigenvalue weighted by molar-refractivity contribution is 8.14. The second-order valence-electron chi connectivity index (χ2n) is 5.37. The second-order valence-corrected chi connectivity index (χ2v) is 6.77. The number of hydrogen-bond acceptors (Lipinski definition) is 4. The van der Waals surface area contributed by atoms with E-state index in [1.807, 2.05) is 30.3 Å². The van der Waals surface area contributed by atoms with Crippen LogP contribution >= 0.6 is 23.4 Å². The molecule has 2 aromatic rings. The summed E-state index contributed by atoms with van der Waals surface area (Å²) in [6.07, 6.45) is 3.28. The number of thioether (sulfide) groups is 1. The lowest BCUT2D eigenvalue weighted by Crippen LogP contribution is -2.18. The highest BCUT2D eigenvalue weighted by atomic mass is 35.5. The highest BCUT2D eigenvalue weighted by Gasteiger charge is 2.12. The van der Waals surface area contributed by atoms with E-state index in [1.165, 1.54) is 0 Å². The van der Waals surface area contributed by atoms with Crippen LogP contribution in [0.15, 0.2) is 52.6 Å². The maximum atomic E-state index is 5.70. The molecule has 0 amide bonds. The molecule has 0 unspecified atom stereocenters. The van der Waals surface area contributed by atoms with Gasteiger partial charge in [-0.25, -0.2) is 9.97 Å². The van der Waals surface area contributed by atoms with E-state index in [0.29, 0.717) is 0 Å². The smallest absolute Gasteiger partial charge is 0.222 e. The molecule has 0 aliphatic rings. The van der Waals surface area contributed by atoms with Crippen molar-refractivity contribution in [2.45, 2.75) is 31.2 Å². The molecule has 1 aromatic carbocycles. The zero-order valence-corrected chi connectivity index (χ0v) is 13.7. The largest absolute Gasteiger partial charge is 0.332 e. The normalized spacial score (nSPS) is 12.3. The molecule has 4 nitrogen and oxygen atoms in total. The third-order valence-corrected chi connectivity index (χ3v) is 3.36. The number of hydrogen-bond donors (Lipinski definition) is 1. The molecule has 0 radical (unpaired) electrons. The molecule has 1 aromatic heterocycles. The van der Waals surface area contributed by atoms with Crippen LogP contribution in [0.5, 0.6) is 0 Å². The van der Waals surface area contributed by atoms with Gasteiger partial charge in [-0.1, -0.05) is 30.0 Å². The summed E-state index contributed by atoms with van der Waals surface area (Å²) < 4.78 is 0. The number of aromatic nitrogens is 2. The fraction of sp³-hybridized carbons (Fsp3) is 0.267. The Balaban J connectivity index is 2.20. The van der Waals surface area contributed by atoms with Gasteiger partial charge in [-0.15, -0.1) is 0 Å². The molecule has 0 atom stereocenters. The molecule has 1 heterocycles. The van der Waals surface area contributed by atoms with Crippen LogP contribution in [0.25, 0.3) is 0 Å². The molecule has 1 N–H and O–H groups in total. The third-order valence-electron chi connectivity index (χ3n) is 2.27. The molecule has 0 aliphatic heterocycles. The number of nitrogens with one attached hydrogen (secondary N) is 1. The van der Waals surface area contributed by atoms with Gasteiger partial charge >= 0.3 is 0 Å². The van der Waals surface area contributed by atoms with Crippen LogP contribution in [0.1, 0.15) is 20.8 Å². The number of anilines is 1. The van der Waals surface area contributed by atoms with E-state index in [0.717, 1.165) is 15.8 Å². The van der Waals surface area contributed by atoms with Crippen molar-refractivity contribution >= 4 is 34.2 Å². The molecule has 2 rings (SSSR count). The first kappa shape index (κ1) is 15.8. The van der Waals surface area contributed by atoms with Gasteiger partial charge in [-0.05, 0) is 44.5 Å². The first-order valence-electron chi connectivity index (χ1n) is 6.50. The minimum absolute atomic E-state index is 0.183. The molecule has 0 bridgehead atoms. The molecule has 21 heavy (non-hydrogen) atoms. The molecular formula is C15H17ClN4S. The predicted molar refractivity (Wildman–Crippen MR) is 90.2 cm³/mol. The van der Waals surface area contributed by atoms with Crippen molar-refractivity contribution in [2.75, 3.05) is 5.32 Å². The van der Waals surface area contributed by atoms with Crippen LogP contribution < -0.4 is 5.32 Å². The average molecular weight is 321 g/mol. The predicted octanol–water partition coefficient (Wildman–Crippen LogP) is 4.49. The third kappa shape index (κ3) is 5.73. The standard InChI is InChI=1S/C15H17ClN4S/c1-15(2,3)20-14(21-12-7-5-4-6-8-12)19-11-9-17-13(16)18-10-11/h4-10H,1-3H3,(H,19,20). The Morgan fingerprint density at radius 2 is 1.76 bits per heavy atom. The number of halogens is 1. The molecular weight excluding hydrogens is 304 g/mol. The Kier molecular flexibility index (Phi) is 5.20. The molecule has 0 aliphatic carbocycles. The fourth-order valence-corrected chi connectivity index (χ4v) is 2.58. The number of amidine groups is 1. The van der Waals surface area contributed by atoms with Crippen molar-refractivity contribution in [1.29, 1.82) is 0 Å². The lowest BCUT2D eigenvalue weighted by molar-refractivity contribution is 0.585. The van der Waals surface area contributed by atoms with Gasteiger partial charge in [0.1, 0.15) is 0 Å². The van der Waals surface area contributed by atoms with Crippen LogP contribution in [0.2, 0.25) is 5.28 Å². The average Bonchev–Trinajstić information content (AvgIpc) is 2.41. The first-order valence-corrected chi connectivity index (χ1v) is 7.69. The van der Waals surface area contributed by atoms with Gasteiger partial charge in [-0.2, -0.15) is 0 Å². The van der Waals surface area contributed by atoms with Gasteiger partial charge in [0.15, 0.2) is 5.17 Å². The summed E-state index contributed by atoms with van der Waals surface area (Å²) >= 11 is 7.26. The van der Waals surface area contributed by atoms with Gasteiger partial charge in [0, 0.05) is 4.90 Å². The highest BCUT2D eigenvalue weighted by Crippen LogP contribution is 2.23. The van der Waals surface area contributed by atoms with E-state index in [1.54, 1.807) is 24.2 Å². The van der Waals surface area contributed by atoms with Crippen molar-refractivity contribution in [3.63, 3.8) is 0 Å². The van der Waals surface area contributed by atoms with E-state index in [2.05, 4.69) is 36.1 Å². The summed E-state index contributed by atoms with van der Waals surface area (Å²) in [7, 11) is 0. The molecule has 0 saturated carbocycles. The van der Waals surface area contributed by atoms with Crippen LogP contribution in [-0.4, -0.2) is 20.7 Å². The molecule has 0 fully saturated rings. The van der Waals surface area contributed by atoms with Gasteiger partial charge in [0.25, 0.3) is 0 Å². The summed E-state index contributed by atoms with van der Waals surface area (Å²) in [5.74, 6) is 0. The number of aliphatic imine (C=N–C) groups is 1. The van der Waals surface area contributed by atoms with E-state index < -0.39 is 0 Å². The molecule has 0 saturated heterocycles. The Morgan fingerprint density at radius 1 is 1.14 bits per heavy atom. The number of benzene rings is 1. The van der Waals surface area contributed by atoms with Crippen molar-refractivity contribution in [3.8, 4) is 0 Å². The maximum Gasteiger partial charge on any atom is 0.222 e. The van der Waals surface area contributed by atoms with Crippen LogP contribution in [0, 0.1) is 0 Å². The molecule has 0 spiro atoms. The zero-order valence-electron chi connectivity index (χ0n) is 12.2. The summed E-state index contributed by atoms with van der Waals surface area (Å²) in [4.78, 5) is 13.7. The molecule has 6 heteroatoms. The minimum Gasteiger partial charge on any atom is -0.332 e. The van der Waals surface area contributed by atoms with Crippen LogP contribution in [-0.2, 0) is 0 Å². The zero-order chi connectivity index (χ0) is 15.3. The quantitative estimate of drug-likeness (QED) is 0.383. The van der Waals surface area contributed by atoms with Crippen molar-refractivity contribution in [3.05, 3.63) is 48.0 Å². The summed E-state index contributed by atoms with van der Waals surface area (Å²) in [6, 6.07) is 10.1. The Bertz CT molecular complexity index is 606. The van der Waals surface area contributed by atoms with Crippen molar-refractivity contribution in [2.24, 2.45) is 4.99 Å². The van der Waals surface area contributed by atoms with Crippen LogP contribution in [0.4, 0.5) is 5.69 Å². The summed E-state index contributed by atoms with van der Waals surface area (Å²) in [5.41, 5.74) is 0.572. The van der Waals surface area contributed by atoms with Gasteiger partial charge in [0.2, 0.25) is 5.28 Å². The summed E-state index contributed by atoms with van der Waals surface area (Å²) in [5, 5.41) is 4.26. The Labute approximate surface area is 134 Å². The maximum absolute atomic E-state index is 5.70.